The summed E-state index contributed by atoms with van der Waals surface area (Å²) >= 11 is 0. The number of fused-ring (bicyclic) bond motifs is 2. The molecule has 0 unspecified atom stereocenters. The van der Waals surface area contributed by atoms with Crippen LogP contribution in [0.25, 0.3) is 11.4 Å². The summed E-state index contributed by atoms with van der Waals surface area (Å²) < 4.78 is 19.7. The minimum Gasteiger partial charge on any atom is -0.496 e. The van der Waals surface area contributed by atoms with E-state index in [1.165, 1.54) is 31.5 Å². The number of hydrogen-bond acceptors (Lipinski definition) is 7. The van der Waals surface area contributed by atoms with Crippen molar-refractivity contribution in [3.8, 4) is 23.2 Å². The lowest BCUT2D eigenvalue weighted by molar-refractivity contribution is 0.102. The van der Waals surface area contributed by atoms with Crippen molar-refractivity contribution in [2.24, 2.45) is 0 Å². The predicted molar refractivity (Wildman–Crippen MR) is 121 cm³/mol. The quantitative estimate of drug-likeness (QED) is 0.624. The van der Waals surface area contributed by atoms with Crippen LogP contribution in [-0.2, 0) is 0 Å². The summed E-state index contributed by atoms with van der Waals surface area (Å²) in [6.45, 7) is 1.72. The lowest BCUT2D eigenvalue weighted by atomic mass is 10.1. The van der Waals surface area contributed by atoms with Gasteiger partial charge in [0.15, 0.2) is 5.82 Å². The summed E-state index contributed by atoms with van der Waals surface area (Å²) in [5, 5.41) is 15.7. The molecule has 0 radical (unpaired) electrons. The van der Waals surface area contributed by atoms with Crippen molar-refractivity contribution >= 4 is 17.3 Å². The third kappa shape index (κ3) is 3.85. The highest BCUT2D eigenvalue weighted by Crippen LogP contribution is 2.35. The van der Waals surface area contributed by atoms with Gasteiger partial charge in [0.1, 0.15) is 17.3 Å². The molecule has 0 saturated carbocycles. The van der Waals surface area contributed by atoms with Crippen LogP contribution in [-0.4, -0.2) is 48.2 Å². The van der Waals surface area contributed by atoms with Crippen molar-refractivity contribution in [2.45, 2.75) is 18.5 Å². The van der Waals surface area contributed by atoms with Gasteiger partial charge in [-0.05, 0) is 42.8 Å². The van der Waals surface area contributed by atoms with Crippen molar-refractivity contribution in [3.63, 3.8) is 0 Å². The number of aromatic nitrogens is 2. The number of carbonyl (C=O) groups is 1. The number of halogens is 1. The monoisotopic (exact) mass is 444 g/mol. The molecule has 33 heavy (non-hydrogen) atoms. The largest absolute Gasteiger partial charge is 0.496 e. The zero-order valence-corrected chi connectivity index (χ0v) is 17.9. The van der Waals surface area contributed by atoms with Gasteiger partial charge < -0.3 is 20.3 Å². The Kier molecular flexibility index (Phi) is 5.36. The average molecular weight is 444 g/mol. The molecular weight excluding hydrogens is 423 g/mol. The minimum absolute atomic E-state index is 0.0477. The number of nitriles is 1. The van der Waals surface area contributed by atoms with Gasteiger partial charge in [0.25, 0.3) is 5.91 Å². The number of anilines is 2. The van der Waals surface area contributed by atoms with Crippen molar-refractivity contribution in [1.29, 1.82) is 5.26 Å². The molecular formula is C24H21FN6O2. The summed E-state index contributed by atoms with van der Waals surface area (Å²) in [7, 11) is 1.43. The van der Waals surface area contributed by atoms with Crippen molar-refractivity contribution in [2.75, 3.05) is 30.4 Å². The van der Waals surface area contributed by atoms with Gasteiger partial charge in [-0.25, -0.2) is 14.4 Å². The lowest BCUT2D eigenvalue weighted by Gasteiger charge is -2.31. The maximum atomic E-state index is 14.5. The summed E-state index contributed by atoms with van der Waals surface area (Å²) in [4.78, 5) is 23.8. The number of rotatable bonds is 5. The van der Waals surface area contributed by atoms with Crippen LogP contribution in [0.1, 0.15) is 22.5 Å². The number of benzene rings is 2. The van der Waals surface area contributed by atoms with Crippen molar-refractivity contribution in [1.82, 2.24) is 15.3 Å². The van der Waals surface area contributed by atoms with E-state index in [0.29, 0.717) is 23.3 Å². The number of methoxy groups -OCH3 is 1. The zero-order chi connectivity index (χ0) is 22.9. The van der Waals surface area contributed by atoms with Crippen LogP contribution in [0.2, 0.25) is 0 Å². The van der Waals surface area contributed by atoms with Crippen LogP contribution >= 0.6 is 0 Å². The summed E-state index contributed by atoms with van der Waals surface area (Å²) in [5.74, 6) is -0.706. The van der Waals surface area contributed by atoms with Crippen LogP contribution in [0.3, 0.4) is 0 Å². The first-order valence-corrected chi connectivity index (χ1v) is 10.6. The molecule has 0 spiro atoms. The molecule has 3 heterocycles. The molecule has 1 amide bonds. The van der Waals surface area contributed by atoms with Gasteiger partial charge in [-0.1, -0.05) is 6.07 Å². The van der Waals surface area contributed by atoms with E-state index >= 15 is 0 Å². The smallest absolute Gasteiger partial charge is 0.274 e. The third-order valence-electron chi connectivity index (χ3n) is 6.05. The first-order valence-electron chi connectivity index (χ1n) is 10.6. The summed E-state index contributed by atoms with van der Waals surface area (Å²) in [6, 6.07) is 14.0. The fraction of sp³-hybridized carbons (Fsp3) is 0.250. The van der Waals surface area contributed by atoms with Gasteiger partial charge in [-0.2, -0.15) is 5.26 Å². The van der Waals surface area contributed by atoms with E-state index in [-0.39, 0.29) is 22.8 Å². The van der Waals surface area contributed by atoms with E-state index in [0.717, 1.165) is 25.2 Å². The molecule has 2 fully saturated rings. The molecule has 2 aliphatic heterocycles. The standard InChI is InChI=1S/C24H21FN6O2/c1-33-21-4-2-3-17(25)22(21)23-27-8-7-18(29-23)24(32)30-19-9-14(11-26)5-6-20(19)31-13-15-10-16(31)12-28-15/h2-9,15-16,28H,10,12-13H2,1H3,(H,30,32)/t15-,16-/m1/s1. The highest BCUT2D eigenvalue weighted by molar-refractivity contribution is 6.05. The van der Waals surface area contributed by atoms with E-state index < -0.39 is 11.7 Å². The number of carbonyl (C=O) groups excluding carboxylic acids is 1. The molecule has 0 aliphatic carbocycles. The Morgan fingerprint density at radius 2 is 2.21 bits per heavy atom. The third-order valence-corrected chi connectivity index (χ3v) is 6.05. The maximum Gasteiger partial charge on any atom is 0.274 e. The van der Waals surface area contributed by atoms with E-state index in [1.54, 1.807) is 18.2 Å². The molecule has 1 aromatic heterocycles. The summed E-state index contributed by atoms with van der Waals surface area (Å²) in [5.41, 5.74) is 2.00. The number of piperazine rings is 1. The Balaban J connectivity index is 1.47. The molecule has 2 atom stereocenters. The fourth-order valence-corrected chi connectivity index (χ4v) is 4.50. The normalized spacial score (nSPS) is 18.8. The second-order valence-electron chi connectivity index (χ2n) is 8.03. The number of nitrogens with zero attached hydrogens (tertiary/aromatic N) is 4. The van der Waals surface area contributed by atoms with Crippen molar-refractivity contribution < 1.29 is 13.9 Å². The van der Waals surface area contributed by atoms with E-state index in [9.17, 15) is 14.4 Å². The van der Waals surface area contributed by atoms with Crippen LogP contribution in [0, 0.1) is 17.1 Å². The topological polar surface area (TPSA) is 103 Å². The van der Waals surface area contributed by atoms with E-state index in [4.69, 9.17) is 4.74 Å². The van der Waals surface area contributed by atoms with Crippen LogP contribution in [0.4, 0.5) is 15.8 Å². The average Bonchev–Trinajstić information content (AvgIpc) is 3.47. The first kappa shape index (κ1) is 20.8. The lowest BCUT2D eigenvalue weighted by Crippen LogP contribution is -2.44. The molecule has 2 aromatic carbocycles. The number of nitrogens with one attached hydrogen (secondary N) is 2. The minimum atomic E-state index is -0.548. The Bertz CT molecular complexity index is 1270. The van der Waals surface area contributed by atoms with Crippen LogP contribution < -0.4 is 20.3 Å². The molecule has 166 valence electrons. The number of amides is 1. The number of ether oxygens (including phenoxy) is 1. The molecule has 2 bridgehead atoms. The first-order chi connectivity index (χ1) is 16.1. The zero-order valence-electron chi connectivity index (χ0n) is 17.9. The van der Waals surface area contributed by atoms with Gasteiger partial charge in [-0.3, -0.25) is 4.79 Å². The van der Waals surface area contributed by atoms with Crippen LogP contribution in [0.15, 0.2) is 48.7 Å². The Morgan fingerprint density at radius 3 is 2.94 bits per heavy atom. The SMILES string of the molecule is COc1cccc(F)c1-c1nccc(C(=O)Nc2cc(C#N)ccc2N2C[C@H]3C[C@@H]2CN3)n1. The van der Waals surface area contributed by atoms with E-state index in [2.05, 4.69) is 31.6 Å². The Hall–Kier alpha value is -4.03. The highest BCUT2D eigenvalue weighted by Gasteiger charge is 2.38. The summed E-state index contributed by atoms with van der Waals surface area (Å²) in [6.07, 6.45) is 2.45. The van der Waals surface area contributed by atoms with Gasteiger partial charge in [0.2, 0.25) is 0 Å². The van der Waals surface area contributed by atoms with Crippen LogP contribution in [0.5, 0.6) is 5.75 Å². The highest BCUT2D eigenvalue weighted by atomic mass is 19.1. The molecule has 2 aliphatic rings. The molecule has 8 nitrogen and oxygen atoms in total. The molecule has 3 aromatic rings. The maximum absolute atomic E-state index is 14.5. The Morgan fingerprint density at radius 1 is 1.33 bits per heavy atom. The van der Waals surface area contributed by atoms with Gasteiger partial charge >= 0.3 is 0 Å². The van der Waals surface area contributed by atoms with E-state index in [1.807, 2.05) is 6.07 Å². The predicted octanol–water partition coefficient (Wildman–Crippen LogP) is 2.97. The fourth-order valence-electron chi connectivity index (χ4n) is 4.50. The second-order valence-corrected chi connectivity index (χ2v) is 8.03. The molecule has 2 N–H and O–H groups in total. The number of hydrogen-bond donors (Lipinski definition) is 2. The molecule has 9 heteroatoms. The van der Waals surface area contributed by atoms with Gasteiger partial charge in [0.05, 0.1) is 35.7 Å². The van der Waals surface area contributed by atoms with Crippen molar-refractivity contribution in [3.05, 3.63) is 65.7 Å². The molecule has 5 rings (SSSR count). The van der Waals surface area contributed by atoms with Gasteiger partial charge in [-0.15, -0.1) is 0 Å². The van der Waals surface area contributed by atoms with Gasteiger partial charge in [0, 0.05) is 31.4 Å². The molecule has 2 saturated heterocycles. The Labute approximate surface area is 190 Å². The second kappa shape index (κ2) is 8.48.